The average molecular weight is 247 g/mol. The van der Waals surface area contributed by atoms with Crippen LogP contribution in [-0.2, 0) is 0 Å². The van der Waals surface area contributed by atoms with Crippen molar-refractivity contribution in [3.8, 4) is 5.75 Å². The van der Waals surface area contributed by atoms with Gasteiger partial charge in [-0.1, -0.05) is 17.7 Å². The van der Waals surface area contributed by atoms with Gasteiger partial charge in [-0.25, -0.2) is 0 Å². The fourth-order valence-electron chi connectivity index (χ4n) is 1.41. The molecule has 0 radical (unpaired) electrons. The summed E-state index contributed by atoms with van der Waals surface area (Å²) in [4.78, 5) is 4.27. The van der Waals surface area contributed by atoms with Gasteiger partial charge in [-0.05, 0) is 18.6 Å². The molecule has 2 rings (SSSR count). The lowest BCUT2D eigenvalue weighted by Crippen LogP contribution is -2.08. The lowest BCUT2D eigenvalue weighted by atomic mass is 10.2. The van der Waals surface area contributed by atoms with Crippen LogP contribution in [0.2, 0.25) is 5.02 Å². The van der Waals surface area contributed by atoms with Gasteiger partial charge < -0.3 is 10.4 Å². The highest BCUT2D eigenvalue weighted by molar-refractivity contribution is 6.35. The highest BCUT2D eigenvalue weighted by Crippen LogP contribution is 2.31. The van der Waals surface area contributed by atoms with Crippen LogP contribution in [0.4, 0.5) is 5.69 Å². The second-order valence-corrected chi connectivity index (χ2v) is 3.57. The molecule has 15 heavy (non-hydrogen) atoms. The molecule has 1 heterocycles. The van der Waals surface area contributed by atoms with Crippen molar-refractivity contribution in [3.63, 3.8) is 0 Å². The summed E-state index contributed by atoms with van der Waals surface area (Å²) in [6, 6.07) is 5.13. The molecule has 1 aliphatic rings. The van der Waals surface area contributed by atoms with E-state index >= 15 is 0 Å². The van der Waals surface area contributed by atoms with Crippen molar-refractivity contribution in [3.05, 3.63) is 23.2 Å². The van der Waals surface area contributed by atoms with Crippen LogP contribution in [0.25, 0.3) is 0 Å². The van der Waals surface area contributed by atoms with Crippen molar-refractivity contribution in [2.45, 2.75) is 12.8 Å². The summed E-state index contributed by atoms with van der Waals surface area (Å²) < 4.78 is 0. The van der Waals surface area contributed by atoms with E-state index in [9.17, 15) is 5.11 Å². The fraction of sp³-hybridized carbons (Fsp3) is 0.300. The molecule has 1 aromatic carbocycles. The number of aromatic hydroxyl groups is 1. The number of phenols is 1. The standard InChI is InChI=1S/C10H11ClN2O.ClH/c11-10-7(3-1-4-8(10)14)13-9-5-2-6-12-9;/h1,3-4,14H,2,5-6H2,(H,12,13);1H. The minimum atomic E-state index is 0. The minimum Gasteiger partial charge on any atom is -0.506 e. The molecule has 0 saturated heterocycles. The topological polar surface area (TPSA) is 44.6 Å². The molecular formula is C10H12Cl2N2O. The quantitative estimate of drug-likeness (QED) is 0.800. The monoisotopic (exact) mass is 246 g/mol. The third kappa shape index (κ3) is 2.76. The molecule has 82 valence electrons. The lowest BCUT2D eigenvalue weighted by Gasteiger charge is -2.08. The predicted molar refractivity (Wildman–Crippen MR) is 65.5 cm³/mol. The molecule has 0 aromatic heterocycles. The molecule has 0 fully saturated rings. The number of benzene rings is 1. The van der Waals surface area contributed by atoms with E-state index in [1.54, 1.807) is 12.1 Å². The van der Waals surface area contributed by atoms with Crippen LogP contribution >= 0.6 is 24.0 Å². The Bertz CT molecular complexity index is 380. The maximum absolute atomic E-state index is 9.36. The highest BCUT2D eigenvalue weighted by atomic mass is 35.5. The van der Waals surface area contributed by atoms with Gasteiger partial charge in [0.25, 0.3) is 0 Å². The van der Waals surface area contributed by atoms with Crippen molar-refractivity contribution in [2.24, 2.45) is 4.99 Å². The van der Waals surface area contributed by atoms with Crippen LogP contribution in [0.3, 0.4) is 0 Å². The number of anilines is 1. The molecule has 0 unspecified atom stereocenters. The lowest BCUT2D eigenvalue weighted by molar-refractivity contribution is 0.476. The number of phenolic OH excluding ortho intramolecular Hbond substituents is 1. The number of hydrogen-bond acceptors (Lipinski definition) is 3. The van der Waals surface area contributed by atoms with E-state index in [2.05, 4.69) is 10.3 Å². The minimum absolute atomic E-state index is 0. The molecule has 0 saturated carbocycles. The van der Waals surface area contributed by atoms with Crippen LogP contribution in [0.15, 0.2) is 23.2 Å². The zero-order valence-electron chi connectivity index (χ0n) is 8.03. The Hall–Kier alpha value is -0.930. The Morgan fingerprint density at radius 3 is 2.87 bits per heavy atom. The first-order chi connectivity index (χ1) is 6.77. The van der Waals surface area contributed by atoms with E-state index in [1.807, 2.05) is 6.07 Å². The second-order valence-electron chi connectivity index (χ2n) is 3.20. The molecule has 0 spiro atoms. The van der Waals surface area contributed by atoms with Gasteiger partial charge in [-0.2, -0.15) is 0 Å². The van der Waals surface area contributed by atoms with Crippen LogP contribution < -0.4 is 5.32 Å². The number of nitrogens with one attached hydrogen (secondary N) is 1. The number of hydrogen-bond donors (Lipinski definition) is 2. The third-order valence-electron chi connectivity index (χ3n) is 2.13. The summed E-state index contributed by atoms with van der Waals surface area (Å²) >= 11 is 5.90. The maximum Gasteiger partial charge on any atom is 0.136 e. The summed E-state index contributed by atoms with van der Waals surface area (Å²) in [5.41, 5.74) is 0.715. The van der Waals surface area contributed by atoms with Crippen molar-refractivity contribution < 1.29 is 5.11 Å². The van der Waals surface area contributed by atoms with Crippen molar-refractivity contribution in [1.82, 2.24) is 0 Å². The molecule has 0 bridgehead atoms. The Balaban J connectivity index is 0.00000112. The molecule has 5 heteroatoms. The first-order valence-corrected chi connectivity index (χ1v) is 4.93. The Kier molecular flexibility index (Phi) is 4.24. The third-order valence-corrected chi connectivity index (χ3v) is 2.53. The summed E-state index contributed by atoms with van der Waals surface area (Å²) in [5.74, 6) is 1.03. The van der Waals surface area contributed by atoms with Crippen LogP contribution in [-0.4, -0.2) is 17.5 Å². The van der Waals surface area contributed by atoms with Gasteiger partial charge in [0.2, 0.25) is 0 Å². The fourth-order valence-corrected chi connectivity index (χ4v) is 1.59. The van der Waals surface area contributed by atoms with Gasteiger partial charge in [0.1, 0.15) is 16.6 Å². The zero-order valence-corrected chi connectivity index (χ0v) is 9.61. The van der Waals surface area contributed by atoms with Crippen molar-refractivity contribution >= 4 is 35.5 Å². The van der Waals surface area contributed by atoms with E-state index in [4.69, 9.17) is 11.6 Å². The van der Waals surface area contributed by atoms with Gasteiger partial charge in [-0.3, -0.25) is 4.99 Å². The molecule has 1 aromatic rings. The van der Waals surface area contributed by atoms with Crippen molar-refractivity contribution in [1.29, 1.82) is 0 Å². The smallest absolute Gasteiger partial charge is 0.136 e. The molecule has 2 N–H and O–H groups in total. The van der Waals surface area contributed by atoms with Crippen LogP contribution in [0.5, 0.6) is 5.75 Å². The predicted octanol–water partition coefficient (Wildman–Crippen LogP) is 3.07. The summed E-state index contributed by atoms with van der Waals surface area (Å²) in [5, 5.41) is 12.8. The largest absolute Gasteiger partial charge is 0.506 e. The van der Waals surface area contributed by atoms with Gasteiger partial charge in [0.05, 0.1) is 5.69 Å². The number of rotatable bonds is 1. The van der Waals surface area contributed by atoms with Crippen LogP contribution in [0.1, 0.15) is 12.8 Å². The molecule has 0 atom stereocenters. The summed E-state index contributed by atoms with van der Waals surface area (Å²) in [6.07, 6.45) is 2.03. The maximum atomic E-state index is 9.36. The van der Waals surface area contributed by atoms with Crippen molar-refractivity contribution in [2.75, 3.05) is 11.9 Å². The molecule has 0 aliphatic carbocycles. The number of halogens is 2. The first kappa shape index (κ1) is 12.1. The Morgan fingerprint density at radius 1 is 1.40 bits per heavy atom. The molecular weight excluding hydrogens is 235 g/mol. The van der Waals surface area contributed by atoms with Gasteiger partial charge >= 0.3 is 0 Å². The highest BCUT2D eigenvalue weighted by Gasteiger charge is 2.09. The average Bonchev–Trinajstić information content (AvgIpc) is 2.66. The Morgan fingerprint density at radius 2 is 2.20 bits per heavy atom. The molecule has 3 nitrogen and oxygen atoms in total. The first-order valence-electron chi connectivity index (χ1n) is 4.55. The van der Waals surface area contributed by atoms with E-state index in [1.165, 1.54) is 0 Å². The van der Waals surface area contributed by atoms with E-state index < -0.39 is 0 Å². The summed E-state index contributed by atoms with van der Waals surface area (Å²) in [6.45, 7) is 0.874. The van der Waals surface area contributed by atoms with Gasteiger partial charge in [-0.15, -0.1) is 12.4 Å². The second kappa shape index (κ2) is 5.24. The number of nitrogens with zero attached hydrogens (tertiary/aromatic N) is 1. The van der Waals surface area contributed by atoms with Gasteiger partial charge in [0, 0.05) is 13.0 Å². The molecule has 1 aliphatic heterocycles. The van der Waals surface area contributed by atoms with Crippen LogP contribution in [0, 0.1) is 0 Å². The SMILES string of the molecule is Cl.Oc1cccc(NC2=NCCC2)c1Cl. The van der Waals surface area contributed by atoms with Gasteiger partial charge in [0.15, 0.2) is 0 Å². The van der Waals surface area contributed by atoms with E-state index in [-0.39, 0.29) is 18.2 Å². The van der Waals surface area contributed by atoms with E-state index in [0.29, 0.717) is 10.7 Å². The number of amidine groups is 1. The normalized spacial score (nSPS) is 14.3. The Labute approximate surface area is 99.6 Å². The molecule has 0 amide bonds. The summed E-state index contributed by atoms with van der Waals surface area (Å²) in [7, 11) is 0. The zero-order chi connectivity index (χ0) is 9.97. The van der Waals surface area contributed by atoms with E-state index in [0.717, 1.165) is 25.2 Å². The number of aliphatic imine (C=N–C) groups is 1.